The Bertz CT molecular complexity index is 55.1. The van der Waals surface area contributed by atoms with Gasteiger partial charge in [-0.1, -0.05) is 6.92 Å². The highest BCUT2D eigenvalue weighted by molar-refractivity contribution is 8.20. The zero-order valence-corrected chi connectivity index (χ0v) is 6.31. The van der Waals surface area contributed by atoms with Gasteiger partial charge in [-0.3, -0.25) is 0 Å². The molecule has 1 saturated heterocycles. The van der Waals surface area contributed by atoms with E-state index in [4.69, 9.17) is 0 Å². The summed E-state index contributed by atoms with van der Waals surface area (Å²) < 4.78 is 0.856. The van der Waals surface area contributed by atoms with Gasteiger partial charge in [0.2, 0.25) is 0 Å². The molecule has 1 rings (SSSR count). The first-order valence-corrected chi connectivity index (χ1v) is 4.55. The predicted octanol–water partition coefficient (Wildman–Crippen LogP) is 2.20. The highest BCUT2D eigenvalue weighted by Gasteiger charge is 2.17. The Hall–Kier alpha value is 0.700. The maximum atomic E-state index is 2.29. The monoisotopic (exact) mass is 134 g/mol. The second kappa shape index (κ2) is 2.31. The first-order valence-electron chi connectivity index (χ1n) is 2.56. The summed E-state index contributed by atoms with van der Waals surface area (Å²) in [6, 6.07) is 0. The molecule has 1 aliphatic heterocycles. The summed E-state index contributed by atoms with van der Waals surface area (Å²) in [6.07, 6.45) is 0. The van der Waals surface area contributed by atoms with Crippen molar-refractivity contribution < 1.29 is 0 Å². The van der Waals surface area contributed by atoms with E-state index in [9.17, 15) is 0 Å². The average Bonchev–Trinajstić information content (AvgIpc) is 1.87. The van der Waals surface area contributed by atoms with Gasteiger partial charge in [-0.05, 0) is 6.92 Å². The molecule has 0 radical (unpaired) electrons. The van der Waals surface area contributed by atoms with E-state index >= 15 is 0 Å². The summed E-state index contributed by atoms with van der Waals surface area (Å²) >= 11 is 4.15. The molecule has 0 N–H and O–H groups in total. The lowest BCUT2D eigenvalue weighted by Crippen LogP contribution is -1.89. The maximum absolute atomic E-state index is 2.29. The largest absolute Gasteiger partial charge is 0.147 e. The average molecular weight is 134 g/mol. The Morgan fingerprint density at radius 3 is 2.29 bits per heavy atom. The summed E-state index contributed by atoms with van der Waals surface area (Å²) in [4.78, 5) is 0. The van der Waals surface area contributed by atoms with Gasteiger partial charge in [-0.25, -0.2) is 0 Å². The van der Waals surface area contributed by atoms with Crippen molar-refractivity contribution in [2.45, 2.75) is 23.7 Å². The normalized spacial score (nSPS) is 42.0. The van der Waals surface area contributed by atoms with Crippen LogP contribution in [-0.4, -0.2) is 15.6 Å². The van der Waals surface area contributed by atoms with Gasteiger partial charge in [0, 0.05) is 15.6 Å². The van der Waals surface area contributed by atoms with Crippen LogP contribution in [0.15, 0.2) is 0 Å². The van der Waals surface area contributed by atoms with Crippen LogP contribution < -0.4 is 0 Å². The summed E-state index contributed by atoms with van der Waals surface area (Å²) in [5.74, 6) is 1.35. The van der Waals surface area contributed by atoms with Crippen LogP contribution in [0.3, 0.4) is 0 Å². The van der Waals surface area contributed by atoms with Crippen LogP contribution in [0, 0.1) is 0 Å². The molecule has 0 spiro atoms. The SMILES string of the molecule is C[C@@H]1SC[C@@H](C)S1. The van der Waals surface area contributed by atoms with Crippen molar-refractivity contribution in [1.29, 1.82) is 0 Å². The molecule has 1 heterocycles. The Morgan fingerprint density at radius 2 is 2.14 bits per heavy atom. The third-order valence-corrected chi connectivity index (χ3v) is 4.12. The Morgan fingerprint density at radius 1 is 1.43 bits per heavy atom. The van der Waals surface area contributed by atoms with Crippen molar-refractivity contribution in [3.63, 3.8) is 0 Å². The second-order valence-corrected chi connectivity index (χ2v) is 5.30. The van der Waals surface area contributed by atoms with Crippen LogP contribution in [0.5, 0.6) is 0 Å². The van der Waals surface area contributed by atoms with Crippen molar-refractivity contribution in [2.24, 2.45) is 0 Å². The van der Waals surface area contributed by atoms with Crippen LogP contribution in [0.25, 0.3) is 0 Å². The molecule has 0 nitrogen and oxygen atoms in total. The molecule has 0 aromatic rings. The third-order valence-electron chi connectivity index (χ3n) is 0.990. The molecule has 42 valence electrons. The van der Waals surface area contributed by atoms with Crippen molar-refractivity contribution in [3.8, 4) is 0 Å². The highest BCUT2D eigenvalue weighted by atomic mass is 32.2. The van der Waals surface area contributed by atoms with Crippen LogP contribution in [0.1, 0.15) is 13.8 Å². The van der Waals surface area contributed by atoms with Crippen LogP contribution in [-0.2, 0) is 0 Å². The zero-order valence-electron chi connectivity index (χ0n) is 4.68. The smallest absolute Gasteiger partial charge is 0.0477 e. The van der Waals surface area contributed by atoms with Gasteiger partial charge in [0.05, 0.1) is 0 Å². The molecule has 0 aromatic heterocycles. The number of thioether (sulfide) groups is 2. The lowest BCUT2D eigenvalue weighted by molar-refractivity contribution is 1.15. The molecule has 2 atom stereocenters. The van der Waals surface area contributed by atoms with Gasteiger partial charge < -0.3 is 0 Å². The summed E-state index contributed by atoms with van der Waals surface area (Å²) in [5, 5.41) is 0.903. The molecule has 2 heteroatoms. The fourth-order valence-corrected chi connectivity index (χ4v) is 3.54. The van der Waals surface area contributed by atoms with E-state index in [0.29, 0.717) is 0 Å². The maximum Gasteiger partial charge on any atom is 0.0477 e. The molecule has 0 amide bonds. The van der Waals surface area contributed by atoms with Crippen molar-refractivity contribution in [3.05, 3.63) is 0 Å². The van der Waals surface area contributed by atoms with Gasteiger partial charge in [-0.2, -0.15) is 0 Å². The first-order chi connectivity index (χ1) is 3.29. The second-order valence-electron chi connectivity index (χ2n) is 1.85. The molecule has 7 heavy (non-hydrogen) atoms. The number of hydrogen-bond donors (Lipinski definition) is 0. The van der Waals surface area contributed by atoms with Gasteiger partial charge >= 0.3 is 0 Å². The summed E-state index contributed by atoms with van der Waals surface area (Å²) in [7, 11) is 0. The lowest BCUT2D eigenvalue weighted by atomic mass is 10.6. The van der Waals surface area contributed by atoms with Crippen molar-refractivity contribution in [1.82, 2.24) is 0 Å². The highest BCUT2D eigenvalue weighted by Crippen LogP contribution is 2.36. The predicted molar refractivity (Wildman–Crippen MR) is 39.0 cm³/mol. The van der Waals surface area contributed by atoms with E-state index in [1.807, 2.05) is 0 Å². The van der Waals surface area contributed by atoms with E-state index in [0.717, 1.165) is 9.83 Å². The minimum atomic E-state index is 0.856. The zero-order chi connectivity index (χ0) is 5.28. The summed E-state index contributed by atoms with van der Waals surface area (Å²) in [6.45, 7) is 4.57. The fraction of sp³-hybridized carbons (Fsp3) is 1.00. The van der Waals surface area contributed by atoms with E-state index < -0.39 is 0 Å². The van der Waals surface area contributed by atoms with Gasteiger partial charge in [-0.15, -0.1) is 23.5 Å². The molecule has 1 fully saturated rings. The molecule has 0 aliphatic carbocycles. The number of rotatable bonds is 0. The molecular weight excluding hydrogens is 124 g/mol. The van der Waals surface area contributed by atoms with E-state index in [2.05, 4.69) is 37.4 Å². The topological polar surface area (TPSA) is 0 Å². The van der Waals surface area contributed by atoms with Crippen LogP contribution in [0.4, 0.5) is 0 Å². The molecule has 0 unspecified atom stereocenters. The van der Waals surface area contributed by atoms with Crippen molar-refractivity contribution >= 4 is 23.5 Å². The van der Waals surface area contributed by atoms with Crippen LogP contribution >= 0.6 is 23.5 Å². The van der Waals surface area contributed by atoms with Gasteiger partial charge in [0.1, 0.15) is 0 Å². The Labute approximate surface area is 53.4 Å². The molecule has 0 bridgehead atoms. The molecule has 0 saturated carbocycles. The van der Waals surface area contributed by atoms with Crippen LogP contribution in [0.2, 0.25) is 0 Å². The quantitative estimate of drug-likeness (QED) is 0.498. The van der Waals surface area contributed by atoms with Gasteiger partial charge in [0.25, 0.3) is 0 Å². The summed E-state index contributed by atoms with van der Waals surface area (Å²) in [5.41, 5.74) is 0. The molecule has 0 aromatic carbocycles. The fourth-order valence-electron chi connectivity index (χ4n) is 0.677. The first kappa shape index (κ1) is 5.83. The minimum absolute atomic E-state index is 0.856. The van der Waals surface area contributed by atoms with E-state index in [1.54, 1.807) is 0 Å². The Kier molecular flexibility index (Phi) is 1.93. The Balaban J connectivity index is 2.26. The van der Waals surface area contributed by atoms with Crippen molar-refractivity contribution in [2.75, 3.05) is 5.75 Å². The van der Waals surface area contributed by atoms with E-state index in [-0.39, 0.29) is 0 Å². The lowest BCUT2D eigenvalue weighted by Gasteiger charge is -1.95. The van der Waals surface area contributed by atoms with E-state index in [1.165, 1.54) is 5.75 Å². The molecular formula is C5H10S2. The standard InChI is InChI=1S/C5H10S2/c1-4-3-6-5(2)7-4/h4-5H,3H2,1-2H3/t4-,5-/m1/s1. The third kappa shape index (κ3) is 1.57. The number of hydrogen-bond acceptors (Lipinski definition) is 2. The molecule has 1 aliphatic rings. The van der Waals surface area contributed by atoms with Gasteiger partial charge in [0.15, 0.2) is 0 Å². The minimum Gasteiger partial charge on any atom is -0.147 e.